The van der Waals surface area contributed by atoms with Crippen LogP contribution in [0, 0.1) is 13.8 Å². The van der Waals surface area contributed by atoms with E-state index in [4.69, 9.17) is 5.73 Å². The number of hydrogen-bond acceptors (Lipinski definition) is 6. The Balaban J connectivity index is 2.43. The molecular weight excluding hydrogens is 296 g/mol. The Morgan fingerprint density at radius 2 is 2.00 bits per heavy atom. The van der Waals surface area contributed by atoms with Gasteiger partial charge < -0.3 is 5.73 Å². The van der Waals surface area contributed by atoms with E-state index >= 15 is 0 Å². The van der Waals surface area contributed by atoms with E-state index in [1.54, 1.807) is 26.0 Å². The van der Waals surface area contributed by atoms with Crippen LogP contribution < -0.4 is 10.5 Å². The largest absolute Gasteiger partial charge is 0.398 e. The Morgan fingerprint density at radius 3 is 2.60 bits per heavy atom. The van der Waals surface area contributed by atoms with E-state index < -0.39 is 10.0 Å². The number of nitrogens with one attached hydrogen (secondary N) is 1. The number of hydrogen-bond donors (Lipinski definition) is 2. The zero-order valence-electron chi connectivity index (χ0n) is 11.5. The lowest BCUT2D eigenvalue weighted by Crippen LogP contribution is -2.16. The summed E-state index contributed by atoms with van der Waals surface area (Å²) in [6, 6.07) is 3.39. The van der Waals surface area contributed by atoms with Crippen LogP contribution in [0.15, 0.2) is 17.0 Å². The average Bonchev–Trinajstić information content (AvgIpc) is 2.81. The van der Waals surface area contributed by atoms with Crippen molar-refractivity contribution in [2.45, 2.75) is 32.1 Å². The predicted octanol–water partition coefficient (Wildman–Crippen LogP) is 2.10. The van der Waals surface area contributed by atoms with Crippen molar-refractivity contribution in [1.82, 2.24) is 10.2 Å². The first-order chi connectivity index (χ1) is 9.35. The summed E-state index contributed by atoms with van der Waals surface area (Å²) in [5.41, 5.74) is 7.42. The average molecular weight is 312 g/mol. The Bertz CT molecular complexity index is 738. The third-order valence-corrected chi connectivity index (χ3v) is 5.64. The van der Waals surface area contributed by atoms with E-state index in [0.29, 0.717) is 16.8 Å². The Morgan fingerprint density at radius 1 is 1.30 bits per heavy atom. The van der Waals surface area contributed by atoms with Gasteiger partial charge in [0.25, 0.3) is 10.0 Å². The van der Waals surface area contributed by atoms with Gasteiger partial charge in [0.05, 0.1) is 4.90 Å². The molecule has 0 atom stereocenters. The van der Waals surface area contributed by atoms with Gasteiger partial charge in [-0.15, -0.1) is 10.2 Å². The molecule has 1 aromatic heterocycles. The van der Waals surface area contributed by atoms with Crippen LogP contribution in [-0.2, 0) is 16.4 Å². The molecule has 0 saturated heterocycles. The smallest absolute Gasteiger partial charge is 0.264 e. The molecule has 0 spiro atoms. The molecule has 3 N–H and O–H groups in total. The maximum absolute atomic E-state index is 12.5. The van der Waals surface area contributed by atoms with Crippen molar-refractivity contribution >= 4 is 32.2 Å². The molecule has 2 aromatic rings. The third kappa shape index (κ3) is 2.75. The van der Waals surface area contributed by atoms with Crippen LogP contribution in [-0.4, -0.2) is 18.6 Å². The first-order valence-electron chi connectivity index (χ1n) is 6.06. The van der Waals surface area contributed by atoms with Crippen LogP contribution in [0.25, 0.3) is 0 Å². The van der Waals surface area contributed by atoms with Crippen LogP contribution in [0.5, 0.6) is 0 Å². The molecule has 0 saturated carbocycles. The lowest BCUT2D eigenvalue weighted by Gasteiger charge is -2.12. The van der Waals surface area contributed by atoms with Gasteiger partial charge in [0, 0.05) is 5.69 Å². The van der Waals surface area contributed by atoms with E-state index in [1.165, 1.54) is 11.3 Å². The molecule has 0 bridgehead atoms. The third-order valence-electron chi connectivity index (χ3n) is 2.90. The van der Waals surface area contributed by atoms with E-state index in [0.717, 1.165) is 11.4 Å². The Kier molecular flexibility index (Phi) is 3.96. The summed E-state index contributed by atoms with van der Waals surface area (Å²) in [7, 11) is -3.71. The van der Waals surface area contributed by atoms with E-state index in [9.17, 15) is 8.42 Å². The van der Waals surface area contributed by atoms with Gasteiger partial charge >= 0.3 is 0 Å². The van der Waals surface area contributed by atoms with Crippen molar-refractivity contribution in [2.24, 2.45) is 0 Å². The normalized spacial score (nSPS) is 11.6. The number of aryl methyl sites for hydroxylation is 2. The van der Waals surface area contributed by atoms with Gasteiger partial charge in [0.15, 0.2) is 0 Å². The fourth-order valence-corrected chi connectivity index (χ4v) is 4.27. The van der Waals surface area contributed by atoms with Crippen LogP contribution in [0.1, 0.15) is 23.1 Å². The summed E-state index contributed by atoms with van der Waals surface area (Å²) < 4.78 is 27.4. The Hall–Kier alpha value is -1.67. The van der Waals surface area contributed by atoms with E-state index in [-0.39, 0.29) is 10.0 Å². The summed E-state index contributed by atoms with van der Waals surface area (Å²) in [6.07, 6.45) is 0.718. The van der Waals surface area contributed by atoms with Crippen LogP contribution in [0.3, 0.4) is 0 Å². The zero-order chi connectivity index (χ0) is 14.9. The first-order valence-corrected chi connectivity index (χ1v) is 8.36. The highest BCUT2D eigenvalue weighted by Gasteiger charge is 2.22. The molecule has 20 heavy (non-hydrogen) atoms. The van der Waals surface area contributed by atoms with Crippen LogP contribution >= 0.6 is 11.3 Å². The fourth-order valence-electron chi connectivity index (χ4n) is 1.86. The highest BCUT2D eigenvalue weighted by molar-refractivity contribution is 7.93. The highest BCUT2D eigenvalue weighted by Crippen LogP contribution is 2.27. The molecule has 0 aliphatic carbocycles. The second-order valence-corrected chi connectivity index (χ2v) is 7.07. The fraction of sp³-hybridized carbons (Fsp3) is 0.333. The van der Waals surface area contributed by atoms with Crippen molar-refractivity contribution in [1.29, 1.82) is 0 Å². The minimum Gasteiger partial charge on any atom is -0.398 e. The monoisotopic (exact) mass is 312 g/mol. The second-order valence-electron chi connectivity index (χ2n) is 4.39. The first kappa shape index (κ1) is 14.7. The second kappa shape index (κ2) is 5.37. The summed E-state index contributed by atoms with van der Waals surface area (Å²) in [4.78, 5) is 0.200. The molecular formula is C12H16N4O2S2. The number of rotatable bonds is 4. The van der Waals surface area contributed by atoms with Gasteiger partial charge in [-0.3, -0.25) is 4.72 Å². The zero-order valence-corrected chi connectivity index (χ0v) is 13.1. The van der Waals surface area contributed by atoms with E-state index in [1.807, 2.05) is 6.92 Å². The van der Waals surface area contributed by atoms with Crippen LogP contribution in [0.2, 0.25) is 0 Å². The number of nitrogens with zero attached hydrogens (tertiary/aromatic N) is 2. The molecule has 0 unspecified atom stereocenters. The number of nitrogens with two attached hydrogens (primary N) is 1. The Labute approximate surface area is 122 Å². The molecule has 0 aliphatic rings. The van der Waals surface area contributed by atoms with E-state index in [2.05, 4.69) is 14.9 Å². The molecule has 0 amide bonds. The minimum absolute atomic E-state index is 0.200. The van der Waals surface area contributed by atoms with Crippen LogP contribution in [0.4, 0.5) is 10.8 Å². The van der Waals surface area contributed by atoms with Gasteiger partial charge in [-0.05, 0) is 37.5 Å². The maximum atomic E-state index is 12.5. The summed E-state index contributed by atoms with van der Waals surface area (Å²) in [6.45, 7) is 5.36. The van der Waals surface area contributed by atoms with Crippen molar-refractivity contribution < 1.29 is 8.42 Å². The summed E-state index contributed by atoms with van der Waals surface area (Å²) in [5.74, 6) is 0. The predicted molar refractivity (Wildman–Crippen MR) is 80.4 cm³/mol. The van der Waals surface area contributed by atoms with Gasteiger partial charge in [-0.25, -0.2) is 8.42 Å². The number of aromatic nitrogens is 2. The topological polar surface area (TPSA) is 98.0 Å². The molecule has 1 aromatic carbocycles. The molecule has 108 valence electrons. The van der Waals surface area contributed by atoms with Crippen molar-refractivity contribution in [2.75, 3.05) is 10.5 Å². The SMILES string of the molecule is CCc1nnc(NS(=O)(=O)c2c(C)ccc(N)c2C)s1. The quantitative estimate of drug-likeness (QED) is 0.842. The lowest BCUT2D eigenvalue weighted by molar-refractivity contribution is 0.600. The minimum atomic E-state index is -3.71. The molecule has 0 fully saturated rings. The lowest BCUT2D eigenvalue weighted by atomic mass is 10.1. The summed E-state index contributed by atoms with van der Waals surface area (Å²) in [5, 5.41) is 8.77. The van der Waals surface area contributed by atoms with Crippen molar-refractivity contribution in [3.63, 3.8) is 0 Å². The summed E-state index contributed by atoms with van der Waals surface area (Å²) >= 11 is 1.23. The van der Waals surface area contributed by atoms with Gasteiger partial charge in [0.1, 0.15) is 5.01 Å². The van der Waals surface area contributed by atoms with Gasteiger partial charge in [0.2, 0.25) is 5.13 Å². The maximum Gasteiger partial charge on any atom is 0.264 e. The van der Waals surface area contributed by atoms with Crippen molar-refractivity contribution in [3.8, 4) is 0 Å². The van der Waals surface area contributed by atoms with Gasteiger partial charge in [-0.2, -0.15) is 0 Å². The number of nitrogen functional groups attached to an aromatic ring is 1. The van der Waals surface area contributed by atoms with Crippen molar-refractivity contribution in [3.05, 3.63) is 28.3 Å². The standard InChI is InChI=1S/C12H16N4O2S2/c1-4-10-14-15-12(19-10)16-20(17,18)11-7(2)5-6-9(13)8(11)3/h5-6H,4,13H2,1-3H3,(H,15,16). The molecule has 0 aliphatic heterocycles. The van der Waals surface area contributed by atoms with Gasteiger partial charge in [-0.1, -0.05) is 24.3 Å². The molecule has 0 radical (unpaired) electrons. The highest BCUT2D eigenvalue weighted by atomic mass is 32.2. The molecule has 2 rings (SSSR count). The number of sulfonamides is 1. The molecule has 6 nitrogen and oxygen atoms in total. The molecule has 1 heterocycles. The number of benzene rings is 1. The number of anilines is 2. The molecule has 8 heteroatoms.